The lowest BCUT2D eigenvalue weighted by Gasteiger charge is -2.32. The van der Waals surface area contributed by atoms with Crippen LogP contribution in [0, 0.1) is 17.1 Å². The zero-order chi connectivity index (χ0) is 16.7. The second kappa shape index (κ2) is 5.57. The van der Waals surface area contributed by atoms with Crippen molar-refractivity contribution in [3.8, 4) is 6.07 Å². The minimum absolute atomic E-state index is 0.265. The molecule has 0 saturated heterocycles. The molecule has 4 nitrogen and oxygen atoms in total. The van der Waals surface area contributed by atoms with Crippen molar-refractivity contribution < 1.29 is 4.39 Å². The Morgan fingerprint density at radius 2 is 2.21 bits per heavy atom. The van der Waals surface area contributed by atoms with Gasteiger partial charge < -0.3 is 5.32 Å². The third-order valence-corrected chi connectivity index (χ3v) is 4.93. The molecule has 0 bridgehead atoms. The molecular formula is C18H14ClFN4. The van der Waals surface area contributed by atoms with Crippen LogP contribution in [0.5, 0.6) is 0 Å². The van der Waals surface area contributed by atoms with E-state index in [1.54, 1.807) is 6.07 Å². The molecule has 1 unspecified atom stereocenters. The molecule has 3 aliphatic rings. The van der Waals surface area contributed by atoms with E-state index in [1.807, 2.05) is 12.3 Å². The van der Waals surface area contributed by atoms with Crippen LogP contribution < -0.4 is 5.32 Å². The third-order valence-electron chi connectivity index (χ3n) is 4.65. The van der Waals surface area contributed by atoms with E-state index >= 15 is 0 Å². The van der Waals surface area contributed by atoms with Crippen LogP contribution in [0.15, 0.2) is 50.7 Å². The van der Waals surface area contributed by atoms with Gasteiger partial charge in [0.05, 0.1) is 5.57 Å². The zero-order valence-electron chi connectivity index (χ0n) is 12.8. The maximum absolute atomic E-state index is 13.6. The Morgan fingerprint density at radius 3 is 2.96 bits per heavy atom. The Labute approximate surface area is 144 Å². The third kappa shape index (κ3) is 2.18. The van der Waals surface area contributed by atoms with Crippen molar-refractivity contribution in [3.63, 3.8) is 0 Å². The summed E-state index contributed by atoms with van der Waals surface area (Å²) in [5, 5.41) is 12.9. The Hall–Kier alpha value is -2.45. The fourth-order valence-corrected chi connectivity index (χ4v) is 3.84. The van der Waals surface area contributed by atoms with Gasteiger partial charge >= 0.3 is 0 Å². The maximum Gasteiger partial charge on any atom is 0.153 e. The quantitative estimate of drug-likeness (QED) is 0.792. The van der Waals surface area contributed by atoms with Gasteiger partial charge in [-0.3, -0.25) is 4.99 Å². The van der Waals surface area contributed by atoms with Crippen molar-refractivity contribution in [1.29, 1.82) is 5.26 Å². The molecular weight excluding hydrogens is 327 g/mol. The molecule has 0 aromatic heterocycles. The number of hydrogen-bond donors (Lipinski definition) is 1. The molecule has 1 N–H and O–H groups in total. The number of benzene rings is 1. The molecule has 120 valence electrons. The van der Waals surface area contributed by atoms with E-state index in [-0.39, 0.29) is 11.0 Å². The highest BCUT2D eigenvalue weighted by Crippen LogP contribution is 2.48. The van der Waals surface area contributed by atoms with E-state index in [9.17, 15) is 9.65 Å². The van der Waals surface area contributed by atoms with Gasteiger partial charge in [-0.25, -0.2) is 9.38 Å². The van der Waals surface area contributed by atoms with Crippen molar-refractivity contribution in [2.24, 2.45) is 9.98 Å². The molecule has 2 heterocycles. The molecule has 1 aromatic carbocycles. The van der Waals surface area contributed by atoms with E-state index in [1.165, 1.54) is 12.1 Å². The Morgan fingerprint density at radius 1 is 1.33 bits per heavy atom. The Kier molecular flexibility index (Phi) is 3.50. The van der Waals surface area contributed by atoms with Crippen LogP contribution >= 0.6 is 11.6 Å². The lowest BCUT2D eigenvalue weighted by molar-refractivity contribution is 0.525. The summed E-state index contributed by atoms with van der Waals surface area (Å²) >= 11 is 6.38. The first-order chi connectivity index (χ1) is 11.6. The summed E-state index contributed by atoms with van der Waals surface area (Å²) in [5.41, 5.74) is 1.96. The molecule has 1 spiro atoms. The SMILES string of the molecule is N#CC1=C(Cl)NC(C2=CCCC=N2)=NC12CCc1cc(F)ccc12. The van der Waals surface area contributed by atoms with Crippen molar-refractivity contribution in [2.45, 2.75) is 31.2 Å². The average Bonchev–Trinajstić information content (AvgIpc) is 2.93. The van der Waals surface area contributed by atoms with Crippen LogP contribution in [-0.4, -0.2) is 12.1 Å². The van der Waals surface area contributed by atoms with Crippen LogP contribution in [0.2, 0.25) is 0 Å². The molecule has 0 radical (unpaired) electrons. The summed E-state index contributed by atoms with van der Waals surface area (Å²) in [6.45, 7) is 0. The van der Waals surface area contributed by atoms with Crippen molar-refractivity contribution in [2.75, 3.05) is 0 Å². The largest absolute Gasteiger partial charge is 0.328 e. The van der Waals surface area contributed by atoms with Gasteiger partial charge in [0.15, 0.2) is 5.84 Å². The summed E-state index contributed by atoms with van der Waals surface area (Å²) in [6.07, 6.45) is 6.88. The number of nitrogens with zero attached hydrogens (tertiary/aromatic N) is 3. The van der Waals surface area contributed by atoms with Gasteiger partial charge in [-0.1, -0.05) is 23.7 Å². The summed E-state index contributed by atoms with van der Waals surface area (Å²) < 4.78 is 13.6. The van der Waals surface area contributed by atoms with E-state index in [0.717, 1.165) is 29.7 Å². The first-order valence-corrected chi connectivity index (χ1v) is 8.21. The summed E-state index contributed by atoms with van der Waals surface area (Å²) in [4.78, 5) is 9.23. The van der Waals surface area contributed by atoms with Gasteiger partial charge in [-0.2, -0.15) is 5.26 Å². The van der Waals surface area contributed by atoms with Gasteiger partial charge in [0.25, 0.3) is 0 Å². The van der Waals surface area contributed by atoms with Gasteiger partial charge in [0, 0.05) is 6.21 Å². The standard InChI is InChI=1S/C18H14ClFN4/c19-16-14(10-21)18(7-6-11-9-12(20)4-5-13(11)18)24-17(23-16)15-3-1-2-8-22-15/h3-5,8-9H,1-2,6-7H2,(H,23,24). The number of aliphatic imine (C=N–C) groups is 2. The summed E-state index contributed by atoms with van der Waals surface area (Å²) in [7, 11) is 0. The average molecular weight is 341 g/mol. The number of allylic oxidation sites excluding steroid dienone is 1. The highest BCUT2D eigenvalue weighted by atomic mass is 35.5. The smallest absolute Gasteiger partial charge is 0.153 e. The zero-order valence-corrected chi connectivity index (χ0v) is 13.6. The first kappa shape index (κ1) is 15.1. The van der Waals surface area contributed by atoms with Crippen LogP contribution in [0.4, 0.5) is 4.39 Å². The predicted octanol–water partition coefficient (Wildman–Crippen LogP) is 3.69. The molecule has 1 aliphatic carbocycles. The molecule has 6 heteroatoms. The van der Waals surface area contributed by atoms with E-state index in [0.29, 0.717) is 24.3 Å². The molecule has 24 heavy (non-hydrogen) atoms. The number of fused-ring (bicyclic) bond motifs is 2. The topological polar surface area (TPSA) is 60.5 Å². The molecule has 1 aromatic rings. The van der Waals surface area contributed by atoms with Crippen LogP contribution in [0.25, 0.3) is 0 Å². The lowest BCUT2D eigenvalue weighted by atomic mass is 9.84. The molecule has 0 amide bonds. The second-order valence-electron chi connectivity index (χ2n) is 6.03. The monoisotopic (exact) mass is 340 g/mol. The number of rotatable bonds is 1. The summed E-state index contributed by atoms with van der Waals surface area (Å²) in [5.74, 6) is 0.282. The highest BCUT2D eigenvalue weighted by molar-refractivity contribution is 6.32. The molecule has 4 rings (SSSR count). The second-order valence-corrected chi connectivity index (χ2v) is 6.40. The van der Waals surface area contributed by atoms with Crippen LogP contribution in [0.1, 0.15) is 30.4 Å². The first-order valence-electron chi connectivity index (χ1n) is 7.83. The number of amidine groups is 1. The predicted molar refractivity (Wildman–Crippen MR) is 91.3 cm³/mol. The van der Waals surface area contributed by atoms with E-state index < -0.39 is 5.54 Å². The van der Waals surface area contributed by atoms with E-state index in [2.05, 4.69) is 16.4 Å². The Bertz CT molecular complexity index is 891. The number of aryl methyl sites for hydroxylation is 1. The number of halogens is 2. The van der Waals surface area contributed by atoms with Crippen molar-refractivity contribution in [3.05, 3.63) is 57.6 Å². The van der Waals surface area contributed by atoms with Crippen molar-refractivity contribution >= 4 is 23.7 Å². The van der Waals surface area contributed by atoms with Crippen LogP contribution in [-0.2, 0) is 12.0 Å². The number of hydrogen-bond acceptors (Lipinski definition) is 4. The normalized spacial score (nSPS) is 25.0. The van der Waals surface area contributed by atoms with Crippen molar-refractivity contribution in [1.82, 2.24) is 5.32 Å². The Balaban J connectivity index is 1.90. The summed E-state index contributed by atoms with van der Waals surface area (Å²) in [6, 6.07) is 6.83. The van der Waals surface area contributed by atoms with Gasteiger partial charge in [0.2, 0.25) is 0 Å². The van der Waals surface area contributed by atoms with E-state index in [4.69, 9.17) is 16.6 Å². The van der Waals surface area contributed by atoms with Gasteiger partial charge in [-0.15, -0.1) is 0 Å². The maximum atomic E-state index is 13.6. The van der Waals surface area contributed by atoms with Crippen LogP contribution in [0.3, 0.4) is 0 Å². The molecule has 1 atom stereocenters. The number of nitrogens with one attached hydrogen (secondary N) is 1. The minimum atomic E-state index is -0.858. The fraction of sp³-hybridized carbons (Fsp3) is 0.278. The van der Waals surface area contributed by atoms with Gasteiger partial charge in [-0.05, 0) is 48.9 Å². The number of nitriles is 1. The van der Waals surface area contributed by atoms with Gasteiger partial charge in [0.1, 0.15) is 28.3 Å². The lowest BCUT2D eigenvalue weighted by Crippen LogP contribution is -2.37. The minimum Gasteiger partial charge on any atom is -0.328 e. The molecule has 0 fully saturated rings. The molecule has 2 aliphatic heterocycles. The molecule has 0 saturated carbocycles. The highest BCUT2D eigenvalue weighted by Gasteiger charge is 2.46. The fourth-order valence-electron chi connectivity index (χ4n) is 3.55.